The number of ether oxygens (including phenoxy) is 1. The van der Waals surface area contributed by atoms with Gasteiger partial charge in [0, 0.05) is 6.42 Å². The number of hydrogen-bond donors (Lipinski definition) is 2. The Morgan fingerprint density at radius 3 is 2.50 bits per heavy atom. The van der Waals surface area contributed by atoms with E-state index in [0.717, 1.165) is 25.7 Å². The first kappa shape index (κ1) is 15.3. The average molecular weight is 282 g/mol. The minimum Gasteiger partial charge on any atom is -0.494 e. The predicted molar refractivity (Wildman–Crippen MR) is 75.3 cm³/mol. The van der Waals surface area contributed by atoms with E-state index in [9.17, 15) is 14.6 Å². The minimum absolute atomic E-state index is 0.111. The van der Waals surface area contributed by atoms with E-state index in [2.05, 4.69) is 0 Å². The Kier molecular flexibility index (Phi) is 5.00. The molecule has 0 radical (unpaired) electrons. The maximum absolute atomic E-state index is 14.1. The number of halogens is 1. The van der Waals surface area contributed by atoms with Gasteiger partial charge in [0.05, 0.1) is 18.8 Å². The standard InChI is InChI=1S/C16H23FO3/c1-20-13-8-6-7-12(15(13)17)11-14(18)16(19)9-4-2-3-5-10-16/h6-8,14,18-19H,2-5,9-11H2,1H3. The molecule has 2 N–H and O–H groups in total. The van der Waals surface area contributed by atoms with Gasteiger partial charge >= 0.3 is 0 Å². The Hall–Kier alpha value is -1.13. The van der Waals surface area contributed by atoms with E-state index in [4.69, 9.17) is 4.74 Å². The van der Waals surface area contributed by atoms with E-state index in [0.29, 0.717) is 18.4 Å². The first-order valence-electron chi connectivity index (χ1n) is 7.28. The normalized spacial score (nSPS) is 20.2. The first-order chi connectivity index (χ1) is 9.57. The molecule has 0 bridgehead atoms. The van der Waals surface area contributed by atoms with Gasteiger partial charge in [-0.1, -0.05) is 37.8 Å². The van der Waals surface area contributed by atoms with Gasteiger partial charge in [-0.2, -0.15) is 0 Å². The van der Waals surface area contributed by atoms with Crippen LogP contribution in [-0.4, -0.2) is 29.0 Å². The van der Waals surface area contributed by atoms with Crippen molar-refractivity contribution in [2.24, 2.45) is 0 Å². The molecular formula is C16H23FO3. The average Bonchev–Trinajstić information content (AvgIpc) is 2.67. The molecule has 1 aliphatic carbocycles. The summed E-state index contributed by atoms with van der Waals surface area (Å²) in [4.78, 5) is 0. The molecule has 1 fully saturated rings. The number of aliphatic hydroxyl groups excluding tert-OH is 1. The Morgan fingerprint density at radius 2 is 1.90 bits per heavy atom. The van der Waals surface area contributed by atoms with E-state index in [1.807, 2.05) is 0 Å². The van der Waals surface area contributed by atoms with Crippen LogP contribution in [0.3, 0.4) is 0 Å². The van der Waals surface area contributed by atoms with Crippen molar-refractivity contribution < 1.29 is 19.3 Å². The summed E-state index contributed by atoms with van der Waals surface area (Å²) in [6.45, 7) is 0. The highest BCUT2D eigenvalue weighted by Gasteiger charge is 2.36. The molecule has 1 atom stereocenters. The molecule has 112 valence electrons. The maximum Gasteiger partial charge on any atom is 0.168 e. The molecule has 4 heteroatoms. The van der Waals surface area contributed by atoms with Crippen molar-refractivity contribution >= 4 is 0 Å². The molecule has 20 heavy (non-hydrogen) atoms. The molecule has 3 nitrogen and oxygen atoms in total. The van der Waals surface area contributed by atoms with Crippen molar-refractivity contribution in [1.29, 1.82) is 0 Å². The van der Waals surface area contributed by atoms with Gasteiger partial charge in [0.2, 0.25) is 0 Å². The highest BCUT2D eigenvalue weighted by Crippen LogP contribution is 2.32. The van der Waals surface area contributed by atoms with Gasteiger partial charge in [-0.15, -0.1) is 0 Å². The summed E-state index contributed by atoms with van der Waals surface area (Å²) in [7, 11) is 1.41. The zero-order chi connectivity index (χ0) is 14.6. The topological polar surface area (TPSA) is 49.7 Å². The van der Waals surface area contributed by atoms with Crippen molar-refractivity contribution in [2.75, 3.05) is 7.11 Å². The van der Waals surface area contributed by atoms with Crippen LogP contribution >= 0.6 is 0 Å². The SMILES string of the molecule is COc1cccc(CC(O)C2(O)CCCCCC2)c1F. The molecule has 1 aromatic carbocycles. The lowest BCUT2D eigenvalue weighted by Crippen LogP contribution is -2.43. The summed E-state index contributed by atoms with van der Waals surface area (Å²) in [5, 5.41) is 20.9. The van der Waals surface area contributed by atoms with E-state index in [-0.39, 0.29) is 12.2 Å². The van der Waals surface area contributed by atoms with Crippen LogP contribution in [-0.2, 0) is 6.42 Å². The second-order valence-electron chi connectivity index (χ2n) is 5.67. The van der Waals surface area contributed by atoms with Gasteiger partial charge in [-0.3, -0.25) is 0 Å². The molecule has 0 saturated heterocycles. The lowest BCUT2D eigenvalue weighted by Gasteiger charge is -2.32. The number of benzene rings is 1. The molecule has 2 rings (SSSR count). The number of aliphatic hydroxyl groups is 2. The molecule has 1 aliphatic rings. The van der Waals surface area contributed by atoms with Crippen molar-refractivity contribution in [3.63, 3.8) is 0 Å². The molecule has 0 amide bonds. The summed E-state index contributed by atoms with van der Waals surface area (Å²) < 4.78 is 19.0. The fraction of sp³-hybridized carbons (Fsp3) is 0.625. The zero-order valence-corrected chi connectivity index (χ0v) is 11.9. The zero-order valence-electron chi connectivity index (χ0n) is 11.9. The molecule has 0 aromatic heterocycles. The van der Waals surface area contributed by atoms with Gasteiger partial charge in [0.25, 0.3) is 0 Å². The fourth-order valence-electron chi connectivity index (χ4n) is 2.94. The van der Waals surface area contributed by atoms with Crippen LogP contribution in [0.1, 0.15) is 44.1 Å². The van der Waals surface area contributed by atoms with Crippen LogP contribution in [0.5, 0.6) is 5.75 Å². The highest BCUT2D eigenvalue weighted by molar-refractivity contribution is 5.31. The van der Waals surface area contributed by atoms with Gasteiger partial charge in [0.1, 0.15) is 0 Å². The van der Waals surface area contributed by atoms with Gasteiger partial charge in [-0.25, -0.2) is 4.39 Å². The Bertz CT molecular complexity index is 439. The first-order valence-corrected chi connectivity index (χ1v) is 7.28. The largest absolute Gasteiger partial charge is 0.494 e. The maximum atomic E-state index is 14.1. The number of hydrogen-bond acceptors (Lipinski definition) is 3. The lowest BCUT2D eigenvalue weighted by molar-refractivity contribution is -0.0839. The van der Waals surface area contributed by atoms with Crippen molar-refractivity contribution in [2.45, 2.75) is 56.7 Å². The predicted octanol–water partition coefficient (Wildman–Crippen LogP) is 2.82. The molecule has 1 aromatic rings. The third-order valence-electron chi connectivity index (χ3n) is 4.27. The van der Waals surface area contributed by atoms with Gasteiger partial charge < -0.3 is 14.9 Å². The smallest absolute Gasteiger partial charge is 0.168 e. The number of rotatable bonds is 4. The second-order valence-corrected chi connectivity index (χ2v) is 5.67. The quantitative estimate of drug-likeness (QED) is 0.835. The second kappa shape index (κ2) is 6.55. The van der Waals surface area contributed by atoms with Crippen LogP contribution in [0.15, 0.2) is 18.2 Å². The minimum atomic E-state index is -1.09. The van der Waals surface area contributed by atoms with E-state index in [1.165, 1.54) is 7.11 Å². The summed E-state index contributed by atoms with van der Waals surface area (Å²) >= 11 is 0. The van der Waals surface area contributed by atoms with Crippen LogP contribution in [0.25, 0.3) is 0 Å². The summed E-state index contributed by atoms with van der Waals surface area (Å²) in [6.07, 6.45) is 4.33. The van der Waals surface area contributed by atoms with Crippen molar-refractivity contribution in [3.8, 4) is 5.75 Å². The summed E-state index contributed by atoms with van der Waals surface area (Å²) in [5.41, 5.74) is -0.707. The Morgan fingerprint density at radius 1 is 1.25 bits per heavy atom. The molecular weight excluding hydrogens is 259 g/mol. The Labute approximate surface area is 119 Å². The molecule has 0 heterocycles. The highest BCUT2D eigenvalue weighted by atomic mass is 19.1. The Balaban J connectivity index is 2.12. The molecule has 1 unspecified atom stereocenters. The van der Waals surface area contributed by atoms with Crippen molar-refractivity contribution in [1.82, 2.24) is 0 Å². The third-order valence-corrected chi connectivity index (χ3v) is 4.27. The fourth-order valence-corrected chi connectivity index (χ4v) is 2.94. The molecule has 0 aliphatic heterocycles. The lowest BCUT2D eigenvalue weighted by atomic mass is 9.85. The third kappa shape index (κ3) is 3.30. The van der Waals surface area contributed by atoms with E-state index >= 15 is 0 Å². The van der Waals surface area contributed by atoms with Crippen LogP contribution in [0.4, 0.5) is 4.39 Å². The summed E-state index contributed by atoms with van der Waals surface area (Å²) in [6, 6.07) is 4.87. The van der Waals surface area contributed by atoms with E-state index < -0.39 is 17.5 Å². The van der Waals surface area contributed by atoms with Gasteiger partial charge in [0.15, 0.2) is 11.6 Å². The molecule has 0 spiro atoms. The van der Waals surface area contributed by atoms with E-state index in [1.54, 1.807) is 18.2 Å². The van der Waals surface area contributed by atoms with Crippen LogP contribution < -0.4 is 4.74 Å². The van der Waals surface area contributed by atoms with Gasteiger partial charge in [-0.05, 0) is 24.5 Å². The monoisotopic (exact) mass is 282 g/mol. The van der Waals surface area contributed by atoms with Crippen LogP contribution in [0, 0.1) is 5.82 Å². The molecule has 1 saturated carbocycles. The van der Waals surface area contributed by atoms with Crippen molar-refractivity contribution in [3.05, 3.63) is 29.6 Å². The number of methoxy groups -OCH3 is 1. The van der Waals surface area contributed by atoms with Crippen LogP contribution in [0.2, 0.25) is 0 Å². The summed E-state index contributed by atoms with van der Waals surface area (Å²) in [5.74, 6) is -0.283.